The Morgan fingerprint density at radius 1 is 1.58 bits per heavy atom. The summed E-state index contributed by atoms with van der Waals surface area (Å²) < 4.78 is 5.34. The molecule has 1 aromatic rings. The number of ether oxygens (including phenoxy) is 1. The molecule has 1 N–H and O–H groups in total. The zero-order chi connectivity index (χ0) is 13.8. The molecule has 6 heteroatoms. The first-order chi connectivity index (χ1) is 9.17. The number of anilines is 1. The zero-order valence-electron chi connectivity index (χ0n) is 10.6. The third-order valence-electron chi connectivity index (χ3n) is 3.11. The van der Waals surface area contributed by atoms with Gasteiger partial charge in [-0.15, -0.1) is 0 Å². The van der Waals surface area contributed by atoms with Crippen molar-refractivity contribution in [2.24, 2.45) is 0 Å². The molecule has 0 aromatic heterocycles. The van der Waals surface area contributed by atoms with E-state index in [1.54, 1.807) is 25.2 Å². The van der Waals surface area contributed by atoms with E-state index in [2.05, 4.69) is 5.32 Å². The highest BCUT2D eigenvalue weighted by atomic mass is 35.5. The van der Waals surface area contributed by atoms with Crippen molar-refractivity contribution in [2.45, 2.75) is 6.04 Å². The van der Waals surface area contributed by atoms with E-state index in [1.807, 2.05) is 4.90 Å². The van der Waals surface area contributed by atoms with Crippen molar-refractivity contribution < 1.29 is 14.3 Å². The second-order valence-corrected chi connectivity index (χ2v) is 4.66. The van der Waals surface area contributed by atoms with Gasteiger partial charge in [-0.3, -0.25) is 9.59 Å². The van der Waals surface area contributed by atoms with Gasteiger partial charge in [-0.2, -0.15) is 0 Å². The summed E-state index contributed by atoms with van der Waals surface area (Å²) in [7, 11) is 1.58. The van der Waals surface area contributed by atoms with E-state index in [0.717, 1.165) is 6.29 Å². The molecular formula is C13H15ClN2O3. The number of halogens is 1. The van der Waals surface area contributed by atoms with Gasteiger partial charge in [-0.25, -0.2) is 0 Å². The minimum atomic E-state index is -0.448. The molecule has 0 saturated carbocycles. The van der Waals surface area contributed by atoms with Crippen LogP contribution in [-0.4, -0.2) is 45.0 Å². The van der Waals surface area contributed by atoms with Gasteiger partial charge in [0, 0.05) is 29.9 Å². The molecule has 1 aliphatic rings. The van der Waals surface area contributed by atoms with Gasteiger partial charge in [0.1, 0.15) is 6.04 Å². The van der Waals surface area contributed by atoms with Crippen LogP contribution in [0.3, 0.4) is 0 Å². The maximum absolute atomic E-state index is 11.9. The molecule has 1 aromatic carbocycles. The van der Waals surface area contributed by atoms with Crippen molar-refractivity contribution >= 4 is 29.5 Å². The predicted octanol–water partition coefficient (Wildman–Crippen LogP) is 1.10. The van der Waals surface area contributed by atoms with Crippen LogP contribution < -0.4 is 10.2 Å². The molecular weight excluding hydrogens is 268 g/mol. The molecule has 0 aliphatic carbocycles. The van der Waals surface area contributed by atoms with Crippen LogP contribution in [-0.2, 0) is 9.53 Å². The van der Waals surface area contributed by atoms with Crippen molar-refractivity contribution in [3.8, 4) is 0 Å². The maximum atomic E-state index is 11.9. The van der Waals surface area contributed by atoms with E-state index < -0.39 is 6.04 Å². The van der Waals surface area contributed by atoms with Gasteiger partial charge in [-0.1, -0.05) is 11.6 Å². The first-order valence-electron chi connectivity index (χ1n) is 5.98. The summed E-state index contributed by atoms with van der Waals surface area (Å²) in [6.45, 7) is 1.35. The Balaban J connectivity index is 2.39. The quantitative estimate of drug-likeness (QED) is 0.844. The fourth-order valence-electron chi connectivity index (χ4n) is 2.14. The normalized spacial score (nSPS) is 19.1. The summed E-state index contributed by atoms with van der Waals surface area (Å²) in [6.07, 6.45) is 0.766. The van der Waals surface area contributed by atoms with Gasteiger partial charge in [0.25, 0.3) is 0 Å². The fourth-order valence-corrected chi connectivity index (χ4v) is 2.31. The summed E-state index contributed by atoms with van der Waals surface area (Å²) >= 11 is 5.98. The van der Waals surface area contributed by atoms with Crippen LogP contribution in [0, 0.1) is 0 Å². The van der Waals surface area contributed by atoms with Gasteiger partial charge in [0.05, 0.1) is 13.2 Å². The molecule has 1 atom stereocenters. The minimum absolute atomic E-state index is 0.142. The van der Waals surface area contributed by atoms with Crippen LogP contribution in [0.5, 0.6) is 0 Å². The summed E-state index contributed by atoms with van der Waals surface area (Å²) in [5.41, 5.74) is 1.18. The van der Waals surface area contributed by atoms with Gasteiger partial charge in [0.2, 0.25) is 5.91 Å². The van der Waals surface area contributed by atoms with E-state index in [0.29, 0.717) is 36.0 Å². The van der Waals surface area contributed by atoms with Crippen molar-refractivity contribution in [2.75, 3.05) is 31.7 Å². The SMILES string of the molecule is CNC(=O)C1COCCN1c1cc(Cl)ccc1C=O. The standard InChI is InChI=1S/C13H15ClN2O3/c1-15-13(18)12-8-19-5-4-16(12)11-6-10(14)3-2-9(11)7-17/h2-3,6-7,12H,4-5,8H2,1H3,(H,15,18). The molecule has 102 valence electrons. The van der Waals surface area contributed by atoms with Crippen molar-refractivity contribution in [3.63, 3.8) is 0 Å². The molecule has 1 fully saturated rings. The number of carbonyl (C=O) groups excluding carboxylic acids is 2. The number of benzene rings is 1. The van der Waals surface area contributed by atoms with Crippen LogP contribution in [0.4, 0.5) is 5.69 Å². The molecule has 1 amide bonds. The number of rotatable bonds is 3. The molecule has 1 unspecified atom stereocenters. The number of likely N-dealkylation sites (N-methyl/N-ethyl adjacent to an activating group) is 1. The number of aldehydes is 1. The highest BCUT2D eigenvalue weighted by Gasteiger charge is 2.30. The minimum Gasteiger partial charge on any atom is -0.377 e. The van der Waals surface area contributed by atoms with Crippen LogP contribution in [0.2, 0.25) is 5.02 Å². The molecule has 0 radical (unpaired) electrons. The van der Waals surface area contributed by atoms with Crippen molar-refractivity contribution in [1.29, 1.82) is 0 Å². The Hall–Kier alpha value is -1.59. The van der Waals surface area contributed by atoms with Gasteiger partial charge in [-0.05, 0) is 18.2 Å². The molecule has 1 heterocycles. The molecule has 5 nitrogen and oxygen atoms in total. The first-order valence-corrected chi connectivity index (χ1v) is 6.36. The largest absolute Gasteiger partial charge is 0.377 e. The molecule has 1 saturated heterocycles. The Bertz CT molecular complexity index is 493. The third-order valence-corrected chi connectivity index (χ3v) is 3.34. The fraction of sp³-hybridized carbons (Fsp3) is 0.385. The average molecular weight is 283 g/mol. The number of amides is 1. The molecule has 0 bridgehead atoms. The number of carbonyl (C=O) groups is 2. The van der Waals surface area contributed by atoms with Crippen molar-refractivity contribution in [1.82, 2.24) is 5.32 Å². The molecule has 0 spiro atoms. The number of nitrogens with zero attached hydrogens (tertiary/aromatic N) is 1. The lowest BCUT2D eigenvalue weighted by molar-refractivity contribution is -0.124. The van der Waals surface area contributed by atoms with Gasteiger partial charge in [0.15, 0.2) is 6.29 Å². The monoisotopic (exact) mass is 282 g/mol. The summed E-state index contributed by atoms with van der Waals surface area (Å²) in [5, 5.41) is 3.13. The topological polar surface area (TPSA) is 58.6 Å². The second-order valence-electron chi connectivity index (χ2n) is 4.22. The van der Waals surface area contributed by atoms with E-state index in [-0.39, 0.29) is 5.91 Å². The maximum Gasteiger partial charge on any atom is 0.244 e. The number of nitrogens with one attached hydrogen (secondary N) is 1. The van der Waals surface area contributed by atoms with E-state index in [4.69, 9.17) is 16.3 Å². The highest BCUT2D eigenvalue weighted by Crippen LogP contribution is 2.27. The van der Waals surface area contributed by atoms with Crippen LogP contribution in [0.15, 0.2) is 18.2 Å². The number of morpholine rings is 1. The van der Waals surface area contributed by atoms with Gasteiger partial charge < -0.3 is 15.0 Å². The third kappa shape index (κ3) is 2.88. The summed E-state index contributed by atoms with van der Waals surface area (Å²) in [5.74, 6) is -0.142. The second kappa shape index (κ2) is 6.04. The van der Waals surface area contributed by atoms with Gasteiger partial charge >= 0.3 is 0 Å². The number of hydrogen-bond donors (Lipinski definition) is 1. The average Bonchev–Trinajstić information content (AvgIpc) is 2.46. The molecule has 2 rings (SSSR count). The Labute approximate surface area is 116 Å². The highest BCUT2D eigenvalue weighted by molar-refractivity contribution is 6.31. The lowest BCUT2D eigenvalue weighted by atomic mass is 10.1. The lowest BCUT2D eigenvalue weighted by Gasteiger charge is -2.36. The van der Waals surface area contributed by atoms with E-state index in [1.165, 1.54) is 0 Å². The van der Waals surface area contributed by atoms with Crippen LogP contribution in [0.1, 0.15) is 10.4 Å². The lowest BCUT2D eigenvalue weighted by Crippen LogP contribution is -2.53. The number of hydrogen-bond acceptors (Lipinski definition) is 4. The van der Waals surface area contributed by atoms with E-state index >= 15 is 0 Å². The smallest absolute Gasteiger partial charge is 0.244 e. The van der Waals surface area contributed by atoms with E-state index in [9.17, 15) is 9.59 Å². The van der Waals surface area contributed by atoms with Crippen LogP contribution in [0.25, 0.3) is 0 Å². The van der Waals surface area contributed by atoms with Crippen LogP contribution >= 0.6 is 11.6 Å². The summed E-state index contributed by atoms with van der Waals surface area (Å²) in [6, 6.07) is 4.56. The molecule has 1 aliphatic heterocycles. The summed E-state index contributed by atoms with van der Waals surface area (Å²) in [4.78, 5) is 24.9. The Kier molecular flexibility index (Phi) is 4.39. The Morgan fingerprint density at radius 2 is 2.37 bits per heavy atom. The molecule has 19 heavy (non-hydrogen) atoms. The Morgan fingerprint density at radius 3 is 3.05 bits per heavy atom. The predicted molar refractivity (Wildman–Crippen MR) is 72.9 cm³/mol. The zero-order valence-corrected chi connectivity index (χ0v) is 11.3. The van der Waals surface area contributed by atoms with Crippen molar-refractivity contribution in [3.05, 3.63) is 28.8 Å². The first kappa shape index (κ1) is 13.8.